The van der Waals surface area contributed by atoms with E-state index in [1.807, 2.05) is 6.07 Å². The molecule has 418 valence electrons. The van der Waals surface area contributed by atoms with Crippen molar-refractivity contribution in [3.63, 3.8) is 0 Å². The summed E-state index contributed by atoms with van der Waals surface area (Å²) in [5, 5.41) is 2.23. The van der Waals surface area contributed by atoms with Gasteiger partial charge in [-0.1, -0.05) is 279 Å². The van der Waals surface area contributed by atoms with E-state index < -0.39 is 10.8 Å². The largest absolute Gasteiger partial charge is 0.455 e. The van der Waals surface area contributed by atoms with Crippen LogP contribution in [0.25, 0.3) is 66.4 Å². The quantitative estimate of drug-likeness (QED) is 0.122. The van der Waals surface area contributed by atoms with Gasteiger partial charge in [0.05, 0.1) is 10.8 Å². The zero-order valence-corrected chi connectivity index (χ0v) is 48.8. The van der Waals surface area contributed by atoms with E-state index in [-0.39, 0.29) is 0 Å². The lowest BCUT2D eigenvalue weighted by Gasteiger charge is -2.34. The van der Waals surface area contributed by atoms with Crippen molar-refractivity contribution in [2.75, 3.05) is 9.80 Å². The molecule has 15 aromatic rings. The summed E-state index contributed by atoms with van der Waals surface area (Å²) < 4.78 is 6.60. The van der Waals surface area contributed by atoms with Gasteiger partial charge in [-0.05, 0) is 156 Å². The number of benzene rings is 14. The molecule has 1 aromatic heterocycles. The molecule has 0 fully saturated rings. The number of anilines is 6. The van der Waals surface area contributed by atoms with E-state index in [2.05, 4.69) is 356 Å². The van der Waals surface area contributed by atoms with Gasteiger partial charge in [0, 0.05) is 50.5 Å². The van der Waals surface area contributed by atoms with Crippen molar-refractivity contribution in [2.45, 2.75) is 10.8 Å². The van der Waals surface area contributed by atoms with Crippen LogP contribution in [0.3, 0.4) is 0 Å². The lowest BCUT2D eigenvalue weighted by Crippen LogP contribution is -2.28. The van der Waals surface area contributed by atoms with Gasteiger partial charge in [0.1, 0.15) is 11.2 Å². The molecular formula is C86H58N2O. The Kier molecular flexibility index (Phi) is 12.3. The maximum Gasteiger partial charge on any atom is 0.143 e. The van der Waals surface area contributed by atoms with E-state index in [0.717, 1.165) is 78.3 Å². The highest BCUT2D eigenvalue weighted by Crippen LogP contribution is 2.59. The minimum atomic E-state index is -0.534. The highest BCUT2D eigenvalue weighted by Gasteiger charge is 2.48. The number of hydrogen-bond acceptors (Lipinski definition) is 3. The molecule has 0 radical (unpaired) electrons. The zero-order valence-electron chi connectivity index (χ0n) is 48.8. The van der Waals surface area contributed by atoms with E-state index in [4.69, 9.17) is 4.42 Å². The molecule has 0 saturated carbocycles. The first-order chi connectivity index (χ1) is 44.1. The first-order valence-electron chi connectivity index (χ1n) is 30.7. The number of furan rings is 1. The van der Waals surface area contributed by atoms with E-state index in [0.29, 0.717) is 0 Å². The van der Waals surface area contributed by atoms with Gasteiger partial charge in [-0.15, -0.1) is 0 Å². The van der Waals surface area contributed by atoms with Crippen molar-refractivity contribution in [1.29, 1.82) is 0 Å². The summed E-state index contributed by atoms with van der Waals surface area (Å²) in [6.45, 7) is 0. The highest BCUT2D eigenvalue weighted by molar-refractivity contribution is 6.09. The standard InChI is InChI=1S/C86H58N2O/c1-7-26-62(27-8-1)85(63-28-9-2-10-29-63)79-43-22-19-38-73(79)77-57-68(50-52-81(77)85)87(66-34-15-5-16-35-66)70-54-61(59-46-48-60(49-47-59)72-41-25-42-76-75-40-21-24-45-83(75)89-84(72)76)55-71(56-70)88(67-36-17-6-18-37-67)69-51-53-82-78(58-69)74-39-20-23-44-80(74)86(82,64-30-11-3-12-31-64)65-32-13-4-14-33-65/h1-58H. The third-order valence-corrected chi connectivity index (χ3v) is 18.8. The van der Waals surface area contributed by atoms with Crippen LogP contribution in [0.2, 0.25) is 0 Å². The predicted molar refractivity (Wildman–Crippen MR) is 369 cm³/mol. The molecule has 0 unspecified atom stereocenters. The van der Waals surface area contributed by atoms with Crippen LogP contribution >= 0.6 is 0 Å². The Hall–Kier alpha value is -11.5. The Labute approximate surface area is 519 Å². The predicted octanol–water partition coefficient (Wildman–Crippen LogP) is 22.6. The average molecular weight is 1140 g/mol. The van der Waals surface area contributed by atoms with Gasteiger partial charge in [-0.2, -0.15) is 0 Å². The molecule has 0 amide bonds. The lowest BCUT2D eigenvalue weighted by molar-refractivity contribution is 0.670. The topological polar surface area (TPSA) is 19.6 Å². The van der Waals surface area contributed by atoms with Gasteiger partial charge in [0.2, 0.25) is 0 Å². The van der Waals surface area contributed by atoms with Gasteiger partial charge >= 0.3 is 0 Å². The molecule has 0 aliphatic heterocycles. The molecule has 89 heavy (non-hydrogen) atoms. The Morgan fingerprint density at radius 1 is 0.213 bits per heavy atom. The monoisotopic (exact) mass is 1130 g/mol. The van der Waals surface area contributed by atoms with E-state index in [9.17, 15) is 0 Å². The summed E-state index contributed by atoms with van der Waals surface area (Å²) >= 11 is 0. The minimum absolute atomic E-state index is 0.534. The fourth-order valence-corrected chi connectivity index (χ4v) is 15.0. The van der Waals surface area contributed by atoms with Crippen LogP contribution in [-0.2, 0) is 10.8 Å². The summed E-state index contributed by atoms with van der Waals surface area (Å²) in [4.78, 5) is 4.90. The normalized spacial score (nSPS) is 13.1. The van der Waals surface area contributed by atoms with Crippen LogP contribution in [0.4, 0.5) is 34.1 Å². The molecule has 1 heterocycles. The summed E-state index contributed by atoms with van der Waals surface area (Å²) in [6, 6.07) is 129. The van der Waals surface area contributed by atoms with Crippen molar-refractivity contribution in [3.05, 3.63) is 396 Å². The molecular weight excluding hydrogens is 1080 g/mol. The average Bonchev–Trinajstić information content (AvgIpc) is 1.59. The van der Waals surface area contributed by atoms with Gasteiger partial charge in [-0.3, -0.25) is 0 Å². The van der Waals surface area contributed by atoms with Gasteiger partial charge in [-0.25, -0.2) is 0 Å². The molecule has 0 spiro atoms. The maximum atomic E-state index is 6.60. The van der Waals surface area contributed by atoms with Crippen molar-refractivity contribution >= 4 is 56.1 Å². The Morgan fingerprint density at radius 2 is 0.584 bits per heavy atom. The van der Waals surface area contributed by atoms with Crippen molar-refractivity contribution in [3.8, 4) is 44.5 Å². The fraction of sp³-hybridized carbons (Fsp3) is 0.0233. The second-order valence-electron chi connectivity index (χ2n) is 23.5. The van der Waals surface area contributed by atoms with Crippen LogP contribution in [0.5, 0.6) is 0 Å². The molecule has 0 saturated heterocycles. The number of nitrogens with zero attached hydrogens (tertiary/aromatic N) is 2. The van der Waals surface area contributed by atoms with Crippen LogP contribution < -0.4 is 9.80 Å². The third-order valence-electron chi connectivity index (χ3n) is 18.8. The van der Waals surface area contributed by atoms with Crippen LogP contribution in [0.1, 0.15) is 44.5 Å². The van der Waals surface area contributed by atoms with Crippen LogP contribution in [0, 0.1) is 0 Å². The first kappa shape index (κ1) is 51.9. The SMILES string of the molecule is c1ccc(N(c2cc(-c3ccc(-c4cccc5c4oc4ccccc45)cc3)cc(N(c3ccccc3)c3ccc4c(c3)-c3ccccc3C4(c3ccccc3)c3ccccc3)c2)c2ccc3c(c2)-c2ccccc2C3(c2ccccc2)c2ccccc2)cc1. The number of para-hydroxylation sites is 4. The molecule has 14 aromatic carbocycles. The second-order valence-corrected chi connectivity index (χ2v) is 23.5. The second kappa shape index (κ2) is 21.2. The van der Waals surface area contributed by atoms with Gasteiger partial charge in [0.25, 0.3) is 0 Å². The molecule has 17 rings (SSSR count). The Bertz CT molecular complexity index is 4800. The van der Waals surface area contributed by atoms with E-state index in [1.54, 1.807) is 0 Å². The molecule has 2 aliphatic carbocycles. The van der Waals surface area contributed by atoms with Crippen LogP contribution in [0.15, 0.2) is 356 Å². The van der Waals surface area contributed by atoms with Crippen molar-refractivity contribution in [1.82, 2.24) is 0 Å². The van der Waals surface area contributed by atoms with Crippen molar-refractivity contribution < 1.29 is 4.42 Å². The molecule has 0 atom stereocenters. The van der Waals surface area contributed by atoms with Crippen molar-refractivity contribution in [2.24, 2.45) is 0 Å². The van der Waals surface area contributed by atoms with Gasteiger partial charge < -0.3 is 14.2 Å². The molecule has 0 bridgehead atoms. The molecule has 3 nitrogen and oxygen atoms in total. The highest BCUT2D eigenvalue weighted by atomic mass is 16.3. The number of hydrogen-bond donors (Lipinski definition) is 0. The molecule has 0 N–H and O–H groups in total. The minimum Gasteiger partial charge on any atom is -0.455 e. The van der Waals surface area contributed by atoms with E-state index in [1.165, 1.54) is 66.8 Å². The van der Waals surface area contributed by atoms with Crippen LogP contribution in [-0.4, -0.2) is 0 Å². The van der Waals surface area contributed by atoms with Gasteiger partial charge in [0.15, 0.2) is 0 Å². The Balaban J connectivity index is 0.890. The lowest BCUT2D eigenvalue weighted by atomic mass is 9.68. The summed E-state index contributed by atoms with van der Waals surface area (Å²) in [5.41, 5.74) is 26.2. The summed E-state index contributed by atoms with van der Waals surface area (Å²) in [5.74, 6) is 0. The molecule has 2 aliphatic rings. The third kappa shape index (κ3) is 8.20. The smallest absolute Gasteiger partial charge is 0.143 e. The maximum absolute atomic E-state index is 6.60. The zero-order chi connectivity index (χ0) is 58.9. The Morgan fingerprint density at radius 3 is 1.06 bits per heavy atom. The molecule has 3 heteroatoms. The first-order valence-corrected chi connectivity index (χ1v) is 30.7. The number of rotatable bonds is 12. The number of fused-ring (bicyclic) bond motifs is 9. The summed E-state index contributed by atoms with van der Waals surface area (Å²) in [7, 11) is 0. The van der Waals surface area contributed by atoms with E-state index >= 15 is 0 Å². The summed E-state index contributed by atoms with van der Waals surface area (Å²) in [6.07, 6.45) is 0. The fourth-order valence-electron chi connectivity index (χ4n) is 15.0.